The van der Waals surface area contributed by atoms with Crippen molar-refractivity contribution in [2.45, 2.75) is 58.5 Å². The topological polar surface area (TPSA) is 84.7 Å². The summed E-state index contributed by atoms with van der Waals surface area (Å²) in [6.45, 7) is 7.72. The van der Waals surface area contributed by atoms with Gasteiger partial charge in [-0.1, -0.05) is 6.42 Å². The van der Waals surface area contributed by atoms with Crippen molar-refractivity contribution in [3.63, 3.8) is 0 Å². The molecule has 1 saturated heterocycles. The number of amides is 3. The Hall–Kier alpha value is -1.46. The Balaban J connectivity index is 2.09. The van der Waals surface area contributed by atoms with Crippen molar-refractivity contribution in [1.29, 1.82) is 0 Å². The van der Waals surface area contributed by atoms with Crippen LogP contribution in [-0.4, -0.2) is 42.3 Å². The lowest BCUT2D eigenvalue weighted by atomic mass is 9.93. The van der Waals surface area contributed by atoms with Crippen LogP contribution in [0, 0.1) is 5.92 Å². The maximum absolute atomic E-state index is 11.5. The van der Waals surface area contributed by atoms with E-state index in [4.69, 9.17) is 10.5 Å². The summed E-state index contributed by atoms with van der Waals surface area (Å²) >= 11 is 0. The lowest BCUT2D eigenvalue weighted by molar-refractivity contribution is 0.0526. The van der Waals surface area contributed by atoms with Gasteiger partial charge in [0.05, 0.1) is 0 Å². The highest BCUT2D eigenvalue weighted by molar-refractivity contribution is 5.72. The largest absolute Gasteiger partial charge is 0.444 e. The Morgan fingerprint density at radius 2 is 2.05 bits per heavy atom. The van der Waals surface area contributed by atoms with Gasteiger partial charge in [-0.05, 0) is 52.4 Å². The van der Waals surface area contributed by atoms with Gasteiger partial charge in [-0.15, -0.1) is 0 Å². The molecule has 0 saturated carbocycles. The quantitative estimate of drug-likeness (QED) is 0.765. The van der Waals surface area contributed by atoms with Gasteiger partial charge in [0.1, 0.15) is 5.60 Å². The molecule has 0 aliphatic carbocycles. The zero-order valence-corrected chi connectivity index (χ0v) is 13.5. The second kappa shape index (κ2) is 8.10. The van der Waals surface area contributed by atoms with E-state index in [1.807, 2.05) is 20.8 Å². The molecule has 1 heterocycles. The van der Waals surface area contributed by atoms with Crippen molar-refractivity contribution in [3.8, 4) is 0 Å². The summed E-state index contributed by atoms with van der Waals surface area (Å²) in [6, 6.07) is -0.314. The zero-order chi connectivity index (χ0) is 15.9. The SMILES string of the molecule is CC(C)(C)OC(=O)NCCCCC1CCCN(C(N)=O)C1. The molecule has 0 bridgehead atoms. The Bertz CT molecular complexity index is 353. The van der Waals surface area contributed by atoms with Crippen LogP contribution in [0.2, 0.25) is 0 Å². The van der Waals surface area contributed by atoms with Gasteiger partial charge in [-0.25, -0.2) is 9.59 Å². The van der Waals surface area contributed by atoms with Crippen LogP contribution in [0.3, 0.4) is 0 Å². The Kier molecular flexibility index (Phi) is 6.78. The molecule has 122 valence electrons. The van der Waals surface area contributed by atoms with E-state index in [1.54, 1.807) is 4.90 Å². The van der Waals surface area contributed by atoms with Crippen molar-refractivity contribution in [1.82, 2.24) is 10.2 Å². The first-order valence-corrected chi connectivity index (χ1v) is 7.79. The van der Waals surface area contributed by atoms with Gasteiger partial charge in [0.25, 0.3) is 0 Å². The number of alkyl carbamates (subject to hydrolysis) is 1. The summed E-state index contributed by atoms with van der Waals surface area (Å²) in [7, 11) is 0. The monoisotopic (exact) mass is 299 g/mol. The molecule has 0 aromatic carbocycles. The first-order valence-electron chi connectivity index (χ1n) is 7.79. The first kappa shape index (κ1) is 17.6. The average Bonchev–Trinajstić information content (AvgIpc) is 2.36. The number of unbranched alkanes of at least 4 members (excludes halogenated alkanes) is 1. The molecule has 21 heavy (non-hydrogen) atoms. The molecule has 1 aliphatic heterocycles. The van der Waals surface area contributed by atoms with Gasteiger partial charge in [0.2, 0.25) is 0 Å². The molecule has 0 aromatic heterocycles. The van der Waals surface area contributed by atoms with Crippen LogP contribution >= 0.6 is 0 Å². The van der Waals surface area contributed by atoms with Crippen LogP contribution in [-0.2, 0) is 4.74 Å². The van der Waals surface area contributed by atoms with Crippen molar-refractivity contribution < 1.29 is 14.3 Å². The minimum Gasteiger partial charge on any atom is -0.444 e. The predicted octanol–water partition coefficient (Wildman–Crippen LogP) is 2.47. The Morgan fingerprint density at radius 3 is 2.67 bits per heavy atom. The fourth-order valence-electron chi connectivity index (χ4n) is 2.56. The van der Waals surface area contributed by atoms with Gasteiger partial charge in [-0.2, -0.15) is 0 Å². The smallest absolute Gasteiger partial charge is 0.407 e. The van der Waals surface area contributed by atoms with Gasteiger partial charge < -0.3 is 20.7 Å². The maximum Gasteiger partial charge on any atom is 0.407 e. The second-order valence-corrected chi connectivity index (χ2v) is 6.72. The molecular weight excluding hydrogens is 270 g/mol. The van der Waals surface area contributed by atoms with E-state index >= 15 is 0 Å². The van der Waals surface area contributed by atoms with Crippen molar-refractivity contribution in [3.05, 3.63) is 0 Å². The summed E-state index contributed by atoms with van der Waals surface area (Å²) in [5, 5.41) is 2.76. The Morgan fingerprint density at radius 1 is 1.33 bits per heavy atom. The molecule has 1 fully saturated rings. The summed E-state index contributed by atoms with van der Waals surface area (Å²) < 4.78 is 5.17. The molecule has 3 N–H and O–H groups in total. The number of hydrogen-bond donors (Lipinski definition) is 2. The molecule has 1 rings (SSSR count). The third kappa shape index (κ3) is 7.78. The molecule has 0 radical (unpaired) electrons. The number of carbonyl (C=O) groups is 2. The van der Waals surface area contributed by atoms with Crippen LogP contribution in [0.5, 0.6) is 0 Å². The van der Waals surface area contributed by atoms with E-state index in [9.17, 15) is 9.59 Å². The van der Waals surface area contributed by atoms with Crippen molar-refractivity contribution in [2.24, 2.45) is 11.7 Å². The van der Waals surface area contributed by atoms with E-state index < -0.39 is 5.60 Å². The number of carbonyl (C=O) groups excluding carboxylic acids is 2. The van der Waals surface area contributed by atoms with Crippen LogP contribution < -0.4 is 11.1 Å². The number of nitrogens with two attached hydrogens (primary N) is 1. The van der Waals surface area contributed by atoms with Crippen LogP contribution in [0.1, 0.15) is 52.9 Å². The van der Waals surface area contributed by atoms with Crippen molar-refractivity contribution >= 4 is 12.1 Å². The standard InChI is InChI=1S/C15H29N3O3/c1-15(2,3)21-14(20)17-9-5-4-7-12-8-6-10-18(11-12)13(16)19/h12H,4-11H2,1-3H3,(H2,16,19)(H,17,20). The van der Waals surface area contributed by atoms with E-state index in [1.165, 1.54) is 0 Å². The molecule has 1 unspecified atom stereocenters. The van der Waals surface area contributed by atoms with Crippen LogP contribution in [0.15, 0.2) is 0 Å². The number of ether oxygens (including phenoxy) is 1. The van der Waals surface area contributed by atoms with Gasteiger partial charge in [0, 0.05) is 19.6 Å². The molecule has 3 amide bonds. The highest BCUT2D eigenvalue weighted by Crippen LogP contribution is 2.21. The van der Waals surface area contributed by atoms with E-state index in [0.717, 1.165) is 45.2 Å². The number of primary amides is 1. The minimum atomic E-state index is -0.454. The van der Waals surface area contributed by atoms with Gasteiger partial charge in [0.15, 0.2) is 0 Å². The third-order valence-electron chi connectivity index (χ3n) is 3.54. The normalized spacial score (nSPS) is 19.2. The highest BCUT2D eigenvalue weighted by atomic mass is 16.6. The fraction of sp³-hybridized carbons (Fsp3) is 0.867. The second-order valence-electron chi connectivity index (χ2n) is 6.72. The molecule has 0 spiro atoms. The summed E-state index contributed by atoms with van der Waals surface area (Å²) in [5.41, 5.74) is 4.86. The van der Waals surface area contributed by atoms with Gasteiger partial charge in [-0.3, -0.25) is 0 Å². The van der Waals surface area contributed by atoms with Crippen LogP contribution in [0.25, 0.3) is 0 Å². The first-order chi connectivity index (χ1) is 9.78. The zero-order valence-electron chi connectivity index (χ0n) is 13.5. The number of likely N-dealkylation sites (tertiary alicyclic amines) is 1. The lowest BCUT2D eigenvalue weighted by Gasteiger charge is -2.31. The number of piperidine rings is 1. The lowest BCUT2D eigenvalue weighted by Crippen LogP contribution is -2.42. The number of nitrogens with zero attached hydrogens (tertiary/aromatic N) is 1. The third-order valence-corrected chi connectivity index (χ3v) is 3.54. The van der Waals surface area contributed by atoms with Crippen molar-refractivity contribution in [2.75, 3.05) is 19.6 Å². The molecule has 6 heteroatoms. The van der Waals surface area contributed by atoms with E-state index in [-0.39, 0.29) is 12.1 Å². The number of hydrogen-bond acceptors (Lipinski definition) is 3. The minimum absolute atomic E-state index is 0.314. The molecule has 1 atom stereocenters. The van der Waals surface area contributed by atoms with Crippen LogP contribution in [0.4, 0.5) is 9.59 Å². The number of urea groups is 1. The molecule has 6 nitrogen and oxygen atoms in total. The molecule has 1 aliphatic rings. The average molecular weight is 299 g/mol. The van der Waals surface area contributed by atoms with Gasteiger partial charge >= 0.3 is 12.1 Å². The number of nitrogens with one attached hydrogen (secondary N) is 1. The summed E-state index contributed by atoms with van der Waals surface area (Å²) in [6.07, 6.45) is 4.85. The maximum atomic E-state index is 11.5. The highest BCUT2D eigenvalue weighted by Gasteiger charge is 2.21. The number of rotatable bonds is 5. The Labute approximate surface area is 127 Å². The summed E-state index contributed by atoms with van der Waals surface area (Å²) in [4.78, 5) is 24.3. The molecular formula is C15H29N3O3. The predicted molar refractivity (Wildman–Crippen MR) is 82.0 cm³/mol. The van der Waals surface area contributed by atoms with E-state index in [0.29, 0.717) is 12.5 Å². The summed E-state index contributed by atoms with van der Waals surface area (Å²) in [5.74, 6) is 0.535. The van der Waals surface area contributed by atoms with E-state index in [2.05, 4.69) is 5.32 Å². The molecule has 0 aromatic rings. The fourth-order valence-corrected chi connectivity index (χ4v) is 2.56.